The molecule has 0 bridgehead atoms. The summed E-state index contributed by atoms with van der Waals surface area (Å²) in [5, 5.41) is 13.8. The summed E-state index contributed by atoms with van der Waals surface area (Å²) < 4.78 is 0. The highest BCUT2D eigenvalue weighted by atomic mass is 16.3. The van der Waals surface area contributed by atoms with Gasteiger partial charge in [0, 0.05) is 12.1 Å². The number of nitrogens with one attached hydrogen (secondary N) is 1. The van der Waals surface area contributed by atoms with Gasteiger partial charge in [-0.05, 0) is 31.4 Å². The van der Waals surface area contributed by atoms with Gasteiger partial charge < -0.3 is 10.4 Å². The fourth-order valence-corrected chi connectivity index (χ4v) is 2.48. The van der Waals surface area contributed by atoms with Crippen molar-refractivity contribution in [2.75, 3.05) is 0 Å². The van der Waals surface area contributed by atoms with Crippen molar-refractivity contribution in [2.45, 2.75) is 38.5 Å². The van der Waals surface area contributed by atoms with Crippen LogP contribution in [0.4, 0.5) is 0 Å². The van der Waals surface area contributed by atoms with E-state index < -0.39 is 6.10 Å². The minimum atomic E-state index is -0.415. The summed E-state index contributed by atoms with van der Waals surface area (Å²) >= 11 is 0. The monoisotopic (exact) mass is 269 g/mol. The van der Waals surface area contributed by atoms with Gasteiger partial charge in [-0.1, -0.05) is 60.7 Å². The van der Waals surface area contributed by atoms with Crippen LogP contribution in [-0.4, -0.2) is 11.1 Å². The first-order valence-electron chi connectivity index (χ1n) is 7.21. The largest absolute Gasteiger partial charge is 0.388 e. The SMILES string of the molecule is C[C@H](C[C@@H](O)c1ccccc1)N[C@@H](C)c1ccccc1. The molecule has 0 aliphatic heterocycles. The fraction of sp³-hybridized carbons (Fsp3) is 0.333. The Balaban J connectivity index is 1.88. The number of hydrogen-bond acceptors (Lipinski definition) is 2. The first kappa shape index (κ1) is 14.8. The van der Waals surface area contributed by atoms with E-state index in [1.807, 2.05) is 36.4 Å². The van der Waals surface area contributed by atoms with Gasteiger partial charge in [0.1, 0.15) is 0 Å². The molecule has 3 atom stereocenters. The number of rotatable bonds is 6. The summed E-state index contributed by atoms with van der Waals surface area (Å²) in [6.07, 6.45) is 0.294. The van der Waals surface area contributed by atoms with E-state index in [4.69, 9.17) is 0 Å². The van der Waals surface area contributed by atoms with Crippen molar-refractivity contribution in [3.05, 3.63) is 71.8 Å². The van der Waals surface area contributed by atoms with E-state index in [1.165, 1.54) is 5.56 Å². The highest BCUT2D eigenvalue weighted by Gasteiger charge is 2.14. The summed E-state index contributed by atoms with van der Waals surface area (Å²) in [5.74, 6) is 0. The molecule has 106 valence electrons. The Morgan fingerprint density at radius 2 is 1.35 bits per heavy atom. The predicted molar refractivity (Wildman–Crippen MR) is 83.5 cm³/mol. The zero-order valence-corrected chi connectivity index (χ0v) is 12.2. The number of hydrogen-bond donors (Lipinski definition) is 2. The smallest absolute Gasteiger partial charge is 0.0804 e. The zero-order chi connectivity index (χ0) is 14.4. The lowest BCUT2D eigenvalue weighted by molar-refractivity contribution is 0.152. The Kier molecular flexibility index (Phi) is 5.33. The van der Waals surface area contributed by atoms with Crippen LogP contribution in [0.15, 0.2) is 60.7 Å². The molecule has 0 saturated carbocycles. The molecule has 20 heavy (non-hydrogen) atoms. The Morgan fingerprint density at radius 3 is 1.90 bits per heavy atom. The molecular formula is C18H23NO. The summed E-state index contributed by atoms with van der Waals surface area (Å²) in [6.45, 7) is 4.27. The molecule has 2 aromatic carbocycles. The van der Waals surface area contributed by atoms with Crippen LogP contribution in [0.1, 0.15) is 43.5 Å². The van der Waals surface area contributed by atoms with E-state index in [0.717, 1.165) is 5.56 Å². The third-order valence-electron chi connectivity index (χ3n) is 3.60. The number of aliphatic hydroxyl groups is 1. The Morgan fingerprint density at radius 1 is 0.850 bits per heavy atom. The van der Waals surface area contributed by atoms with E-state index >= 15 is 0 Å². The van der Waals surface area contributed by atoms with Crippen LogP contribution in [0.3, 0.4) is 0 Å². The molecule has 0 amide bonds. The summed E-state index contributed by atoms with van der Waals surface area (Å²) in [5.41, 5.74) is 2.25. The lowest BCUT2D eigenvalue weighted by Gasteiger charge is -2.22. The minimum absolute atomic E-state index is 0.250. The van der Waals surface area contributed by atoms with Crippen LogP contribution in [-0.2, 0) is 0 Å². The fourth-order valence-electron chi connectivity index (χ4n) is 2.48. The van der Waals surface area contributed by atoms with Gasteiger partial charge in [-0.15, -0.1) is 0 Å². The van der Waals surface area contributed by atoms with Crippen LogP contribution < -0.4 is 5.32 Å². The molecule has 0 aromatic heterocycles. The predicted octanol–water partition coefficient (Wildman–Crippen LogP) is 3.85. The van der Waals surface area contributed by atoms with Crippen LogP contribution in [0, 0.1) is 0 Å². The van der Waals surface area contributed by atoms with E-state index in [9.17, 15) is 5.11 Å². The second-order valence-corrected chi connectivity index (χ2v) is 5.36. The first-order chi connectivity index (χ1) is 9.66. The maximum atomic E-state index is 10.2. The second kappa shape index (κ2) is 7.22. The first-order valence-corrected chi connectivity index (χ1v) is 7.21. The normalized spacial score (nSPS) is 15.6. The average Bonchev–Trinajstić information content (AvgIpc) is 2.49. The number of benzene rings is 2. The Labute approximate surface area is 121 Å². The standard InChI is InChI=1S/C18H23NO/c1-14(13-18(20)17-11-7-4-8-12-17)19-15(2)16-9-5-3-6-10-16/h3-12,14-15,18-20H,13H2,1-2H3/t14-,15+,18-/m1/s1. The van der Waals surface area contributed by atoms with Gasteiger partial charge in [0.2, 0.25) is 0 Å². The minimum Gasteiger partial charge on any atom is -0.388 e. The highest BCUT2D eigenvalue weighted by Crippen LogP contribution is 2.20. The molecule has 0 spiro atoms. The lowest BCUT2D eigenvalue weighted by Crippen LogP contribution is -2.30. The average molecular weight is 269 g/mol. The van der Waals surface area contributed by atoms with E-state index in [-0.39, 0.29) is 12.1 Å². The highest BCUT2D eigenvalue weighted by molar-refractivity contribution is 5.19. The molecule has 0 aliphatic rings. The molecule has 0 heterocycles. The van der Waals surface area contributed by atoms with Crippen molar-refractivity contribution >= 4 is 0 Å². The molecule has 2 rings (SSSR count). The molecule has 0 saturated heterocycles. The Hall–Kier alpha value is -1.64. The summed E-state index contributed by atoms with van der Waals surface area (Å²) in [6, 6.07) is 20.7. The molecule has 0 aliphatic carbocycles. The summed E-state index contributed by atoms with van der Waals surface area (Å²) in [4.78, 5) is 0. The van der Waals surface area contributed by atoms with E-state index in [0.29, 0.717) is 6.42 Å². The van der Waals surface area contributed by atoms with Crippen LogP contribution in [0.2, 0.25) is 0 Å². The lowest BCUT2D eigenvalue weighted by atomic mass is 10.0. The van der Waals surface area contributed by atoms with Crippen LogP contribution in [0.5, 0.6) is 0 Å². The van der Waals surface area contributed by atoms with Crippen LogP contribution in [0.25, 0.3) is 0 Å². The maximum absolute atomic E-state index is 10.2. The molecule has 0 unspecified atom stereocenters. The molecule has 2 nitrogen and oxygen atoms in total. The van der Waals surface area contributed by atoms with Crippen LogP contribution >= 0.6 is 0 Å². The van der Waals surface area contributed by atoms with Crippen molar-refractivity contribution in [1.82, 2.24) is 5.32 Å². The number of aliphatic hydroxyl groups excluding tert-OH is 1. The topological polar surface area (TPSA) is 32.3 Å². The quantitative estimate of drug-likeness (QED) is 0.835. The zero-order valence-electron chi connectivity index (χ0n) is 12.2. The van der Waals surface area contributed by atoms with Gasteiger partial charge in [-0.2, -0.15) is 0 Å². The molecule has 0 fully saturated rings. The van der Waals surface area contributed by atoms with Crippen molar-refractivity contribution in [2.24, 2.45) is 0 Å². The van der Waals surface area contributed by atoms with Crippen molar-refractivity contribution < 1.29 is 5.11 Å². The van der Waals surface area contributed by atoms with Gasteiger partial charge >= 0.3 is 0 Å². The second-order valence-electron chi connectivity index (χ2n) is 5.36. The van der Waals surface area contributed by atoms with E-state index in [1.54, 1.807) is 0 Å². The van der Waals surface area contributed by atoms with Crippen molar-refractivity contribution in [1.29, 1.82) is 0 Å². The summed E-state index contributed by atoms with van der Waals surface area (Å²) in [7, 11) is 0. The van der Waals surface area contributed by atoms with Gasteiger partial charge in [0.05, 0.1) is 6.10 Å². The van der Waals surface area contributed by atoms with Gasteiger partial charge in [-0.25, -0.2) is 0 Å². The Bertz CT molecular complexity index is 450. The molecule has 2 heteroatoms. The molecule has 2 N–H and O–H groups in total. The van der Waals surface area contributed by atoms with Crippen molar-refractivity contribution in [3.8, 4) is 0 Å². The van der Waals surface area contributed by atoms with E-state index in [2.05, 4.69) is 43.4 Å². The third-order valence-corrected chi connectivity index (χ3v) is 3.60. The van der Waals surface area contributed by atoms with Gasteiger partial charge in [0.15, 0.2) is 0 Å². The maximum Gasteiger partial charge on any atom is 0.0804 e. The molecule has 2 aromatic rings. The third kappa shape index (κ3) is 4.19. The molecule has 0 radical (unpaired) electrons. The van der Waals surface area contributed by atoms with Gasteiger partial charge in [0.25, 0.3) is 0 Å². The molecular weight excluding hydrogens is 246 g/mol. The van der Waals surface area contributed by atoms with Crippen molar-refractivity contribution in [3.63, 3.8) is 0 Å². The van der Waals surface area contributed by atoms with Gasteiger partial charge in [-0.3, -0.25) is 0 Å².